The number of carbonyl (C=O) groups excluding carboxylic acids is 2. The van der Waals surface area contributed by atoms with Gasteiger partial charge in [-0.15, -0.1) is 0 Å². The molecule has 0 N–H and O–H groups in total. The molecule has 0 saturated heterocycles. The summed E-state index contributed by atoms with van der Waals surface area (Å²) in [6.45, 7) is 5.88. The van der Waals surface area contributed by atoms with Gasteiger partial charge in [0.05, 0.1) is 54.8 Å². The zero-order valence-corrected chi connectivity index (χ0v) is 25.2. The number of carbonyl (C=O) groups is 2. The highest BCUT2D eigenvalue weighted by Crippen LogP contribution is 2.36. The van der Waals surface area contributed by atoms with Gasteiger partial charge in [-0.2, -0.15) is 0 Å². The van der Waals surface area contributed by atoms with E-state index in [0.717, 1.165) is 0 Å². The molecule has 222 valence electrons. The van der Waals surface area contributed by atoms with E-state index in [1.54, 1.807) is 75.6 Å². The fourth-order valence-corrected chi connectivity index (χ4v) is 5.90. The lowest BCUT2D eigenvalue weighted by Crippen LogP contribution is -2.39. The Kier molecular flexibility index (Phi) is 8.63. The topological polar surface area (TPSA) is 119 Å². The molecule has 2 aromatic heterocycles. The van der Waals surface area contributed by atoms with Crippen LogP contribution in [0.15, 0.2) is 80.1 Å². The van der Waals surface area contributed by atoms with Crippen molar-refractivity contribution >= 4 is 29.4 Å². The number of rotatable bonds is 9. The molecule has 0 amide bonds. The molecule has 0 spiro atoms. The molecule has 5 rings (SSSR count). The highest BCUT2D eigenvalue weighted by molar-refractivity contribution is 7.07. The summed E-state index contributed by atoms with van der Waals surface area (Å²) in [6.07, 6.45) is 1.64. The van der Waals surface area contributed by atoms with Crippen LogP contribution in [0.25, 0.3) is 17.4 Å². The van der Waals surface area contributed by atoms with Crippen LogP contribution in [-0.2, 0) is 14.3 Å². The van der Waals surface area contributed by atoms with Crippen molar-refractivity contribution in [2.24, 2.45) is 4.99 Å². The Balaban J connectivity index is 1.62. The normalized spacial score (nSPS) is 14.6. The van der Waals surface area contributed by atoms with Gasteiger partial charge in [-0.1, -0.05) is 29.5 Å². The van der Waals surface area contributed by atoms with Gasteiger partial charge in [-0.25, -0.2) is 14.6 Å². The number of furan rings is 1. The molecule has 11 heteroatoms. The lowest BCUT2D eigenvalue weighted by Gasteiger charge is -2.25. The smallest absolute Gasteiger partial charge is 0.338 e. The van der Waals surface area contributed by atoms with Crippen molar-refractivity contribution in [3.63, 3.8) is 0 Å². The second kappa shape index (κ2) is 12.5. The van der Waals surface area contributed by atoms with Gasteiger partial charge in [0, 0.05) is 11.6 Å². The molecule has 0 saturated carbocycles. The third kappa shape index (κ3) is 5.76. The van der Waals surface area contributed by atoms with Gasteiger partial charge >= 0.3 is 11.9 Å². The zero-order valence-electron chi connectivity index (χ0n) is 24.3. The molecule has 0 unspecified atom stereocenters. The van der Waals surface area contributed by atoms with Gasteiger partial charge in [0.15, 0.2) is 16.3 Å². The van der Waals surface area contributed by atoms with Gasteiger partial charge in [-0.05, 0) is 62.7 Å². The summed E-state index contributed by atoms with van der Waals surface area (Å²) in [5.74, 6) is 0.965. The number of fused-ring (bicyclic) bond motifs is 1. The third-order valence-electron chi connectivity index (χ3n) is 6.79. The van der Waals surface area contributed by atoms with Crippen LogP contribution in [0.4, 0.5) is 0 Å². The molecule has 43 heavy (non-hydrogen) atoms. The van der Waals surface area contributed by atoms with Crippen LogP contribution in [-0.4, -0.2) is 43.9 Å². The number of hydrogen-bond acceptors (Lipinski definition) is 10. The SMILES string of the molecule is CCOC(=O)C1=C(C)N=c2s/c(=C\c3ccc(-c4cccc(C(=O)OC)c4)o3)c(=O)n2[C@@H]1c1ccc(OC)c(OCC)c1. The number of allylic oxidation sites excluding steroid dienone is 1. The molecule has 10 nitrogen and oxygen atoms in total. The summed E-state index contributed by atoms with van der Waals surface area (Å²) < 4.78 is 29.3. The van der Waals surface area contributed by atoms with E-state index in [-0.39, 0.29) is 17.7 Å². The Hall–Kier alpha value is -4.90. The number of ether oxygens (including phenoxy) is 4. The van der Waals surface area contributed by atoms with Crippen LogP contribution in [0.5, 0.6) is 11.5 Å². The van der Waals surface area contributed by atoms with Gasteiger partial charge in [0.2, 0.25) is 0 Å². The second-order valence-corrected chi connectivity index (χ2v) is 10.4. The molecule has 0 radical (unpaired) electrons. The first-order valence-corrected chi connectivity index (χ1v) is 14.4. The number of methoxy groups -OCH3 is 2. The van der Waals surface area contributed by atoms with Crippen molar-refractivity contribution < 1.29 is 33.0 Å². The number of thiazole rings is 1. The van der Waals surface area contributed by atoms with Crippen molar-refractivity contribution in [3.05, 3.63) is 102 Å². The highest BCUT2D eigenvalue weighted by atomic mass is 32.1. The number of benzene rings is 2. The molecule has 4 aromatic rings. The van der Waals surface area contributed by atoms with Crippen molar-refractivity contribution in [2.75, 3.05) is 27.4 Å². The van der Waals surface area contributed by atoms with E-state index in [2.05, 4.69) is 4.99 Å². The van der Waals surface area contributed by atoms with E-state index in [4.69, 9.17) is 23.4 Å². The lowest BCUT2D eigenvalue weighted by molar-refractivity contribution is -0.139. The van der Waals surface area contributed by atoms with Gasteiger partial charge < -0.3 is 23.4 Å². The molecular weight excluding hydrogens is 572 g/mol. The fourth-order valence-electron chi connectivity index (χ4n) is 4.87. The van der Waals surface area contributed by atoms with Gasteiger partial charge in [-0.3, -0.25) is 9.36 Å². The quantitative estimate of drug-likeness (QED) is 0.261. The average Bonchev–Trinajstić information content (AvgIpc) is 3.60. The van der Waals surface area contributed by atoms with Gasteiger partial charge in [0.25, 0.3) is 5.56 Å². The summed E-state index contributed by atoms with van der Waals surface area (Å²) in [5.41, 5.74) is 2.09. The molecule has 1 aliphatic rings. The van der Waals surface area contributed by atoms with E-state index in [0.29, 0.717) is 61.3 Å². The maximum Gasteiger partial charge on any atom is 0.338 e. The lowest BCUT2D eigenvalue weighted by atomic mass is 9.95. The summed E-state index contributed by atoms with van der Waals surface area (Å²) >= 11 is 1.19. The first-order chi connectivity index (χ1) is 20.8. The van der Waals surface area contributed by atoms with Gasteiger partial charge in [0.1, 0.15) is 11.5 Å². The van der Waals surface area contributed by atoms with Crippen LogP contribution in [0.1, 0.15) is 48.5 Å². The fraction of sp³-hybridized carbons (Fsp3) is 0.250. The Morgan fingerprint density at radius 3 is 2.56 bits per heavy atom. The molecule has 0 bridgehead atoms. The van der Waals surface area contributed by atoms with Crippen molar-refractivity contribution in [3.8, 4) is 22.8 Å². The zero-order chi connectivity index (χ0) is 30.7. The molecule has 0 fully saturated rings. The monoisotopic (exact) mass is 602 g/mol. The molecule has 2 aromatic carbocycles. The van der Waals surface area contributed by atoms with E-state index < -0.39 is 18.0 Å². The Morgan fingerprint density at radius 2 is 1.84 bits per heavy atom. The summed E-state index contributed by atoms with van der Waals surface area (Å²) in [5, 5.41) is 0. The van der Waals surface area contributed by atoms with Crippen LogP contribution in [0.3, 0.4) is 0 Å². The number of esters is 2. The summed E-state index contributed by atoms with van der Waals surface area (Å²) in [4.78, 5) is 44.2. The Bertz CT molecular complexity index is 1910. The summed E-state index contributed by atoms with van der Waals surface area (Å²) in [7, 11) is 2.87. The maximum atomic E-state index is 14.0. The Morgan fingerprint density at radius 1 is 1.02 bits per heavy atom. The first kappa shape index (κ1) is 29.6. The maximum absolute atomic E-state index is 14.0. The number of nitrogens with zero attached hydrogens (tertiary/aromatic N) is 2. The van der Waals surface area contributed by atoms with E-state index in [1.807, 2.05) is 13.0 Å². The van der Waals surface area contributed by atoms with Crippen LogP contribution in [0, 0.1) is 0 Å². The molecule has 3 heterocycles. The van der Waals surface area contributed by atoms with E-state index >= 15 is 0 Å². The molecule has 1 atom stereocenters. The van der Waals surface area contributed by atoms with Crippen LogP contribution in [0.2, 0.25) is 0 Å². The average molecular weight is 603 g/mol. The largest absolute Gasteiger partial charge is 0.493 e. The van der Waals surface area contributed by atoms with Crippen molar-refractivity contribution in [2.45, 2.75) is 26.8 Å². The molecule has 0 aliphatic carbocycles. The minimum atomic E-state index is -0.809. The predicted octanol–water partition coefficient (Wildman–Crippen LogP) is 4.25. The van der Waals surface area contributed by atoms with E-state index in [9.17, 15) is 14.4 Å². The van der Waals surface area contributed by atoms with Crippen molar-refractivity contribution in [1.29, 1.82) is 0 Å². The molecular formula is C32H30N2O8S. The van der Waals surface area contributed by atoms with E-state index in [1.165, 1.54) is 23.0 Å². The van der Waals surface area contributed by atoms with Crippen LogP contribution < -0.4 is 24.4 Å². The third-order valence-corrected chi connectivity index (χ3v) is 7.77. The summed E-state index contributed by atoms with van der Waals surface area (Å²) in [6, 6.07) is 14.9. The standard InChI is InChI=1S/C32H30N2O8S/c1-6-40-25-16-20(11-13-24(25)38-4)28-27(31(37)41-7-2)18(3)33-32-34(28)29(35)26(43-32)17-22-12-14-23(42-22)19-9-8-10-21(15-19)30(36)39-5/h8-17,28H,6-7H2,1-5H3/b26-17-/t28-/m1/s1. The highest BCUT2D eigenvalue weighted by Gasteiger charge is 2.34. The van der Waals surface area contributed by atoms with Crippen molar-refractivity contribution in [1.82, 2.24) is 4.57 Å². The predicted molar refractivity (Wildman–Crippen MR) is 160 cm³/mol. The first-order valence-electron chi connectivity index (χ1n) is 13.6. The second-order valence-electron chi connectivity index (χ2n) is 9.42. The van der Waals surface area contributed by atoms with Crippen LogP contribution >= 0.6 is 11.3 Å². The minimum absolute atomic E-state index is 0.170. The Labute approximate surface area is 251 Å². The minimum Gasteiger partial charge on any atom is -0.493 e. The molecule has 1 aliphatic heterocycles. The number of hydrogen-bond donors (Lipinski definition) is 0. The number of aromatic nitrogens is 1.